The fraction of sp³-hybridized carbons (Fsp3) is 0.207. The molecule has 11 heteroatoms. The molecule has 1 fully saturated rings. The van der Waals surface area contributed by atoms with E-state index in [0.717, 1.165) is 34.0 Å². The van der Waals surface area contributed by atoms with Crippen molar-refractivity contribution in [3.05, 3.63) is 105 Å². The SMILES string of the molecule is COCC(=O)Nc1ccc(N2C(=S)N[C@@H](c3ccccn3)[C@H]2c2cc(C)n(-c3ccc(Cl)cc3Cl)c2C)cc1Cl. The predicted octanol–water partition coefficient (Wildman–Crippen LogP) is 7.21. The van der Waals surface area contributed by atoms with Crippen molar-refractivity contribution in [3.63, 3.8) is 0 Å². The van der Waals surface area contributed by atoms with Crippen molar-refractivity contribution in [1.29, 1.82) is 0 Å². The van der Waals surface area contributed by atoms with Crippen molar-refractivity contribution in [2.24, 2.45) is 0 Å². The van der Waals surface area contributed by atoms with Gasteiger partial charge in [0.1, 0.15) is 6.61 Å². The molecule has 2 aromatic heterocycles. The molecule has 1 aliphatic heterocycles. The number of pyridine rings is 1. The van der Waals surface area contributed by atoms with Crippen LogP contribution < -0.4 is 15.5 Å². The van der Waals surface area contributed by atoms with E-state index in [4.69, 9.17) is 51.8 Å². The Kier molecular flexibility index (Phi) is 8.35. The van der Waals surface area contributed by atoms with Crippen molar-refractivity contribution in [1.82, 2.24) is 14.9 Å². The number of benzene rings is 2. The zero-order valence-electron chi connectivity index (χ0n) is 21.9. The highest BCUT2D eigenvalue weighted by Gasteiger charge is 2.42. The van der Waals surface area contributed by atoms with E-state index in [1.807, 2.05) is 48.2 Å². The van der Waals surface area contributed by atoms with Gasteiger partial charge in [0.25, 0.3) is 0 Å². The van der Waals surface area contributed by atoms with Crippen LogP contribution in [0.2, 0.25) is 15.1 Å². The maximum atomic E-state index is 12.1. The summed E-state index contributed by atoms with van der Waals surface area (Å²) < 4.78 is 7.02. The standard InChI is InChI=1S/C29H26Cl3N5O2S/c1-16-12-20(17(2)36(16)25-10-7-18(30)13-22(25)32)28-27(24-6-4-5-11-33-24)35-29(40)37(28)19-8-9-23(21(31)14-19)34-26(38)15-39-3/h4-14,27-28H,15H2,1-3H3,(H,34,38)(H,35,40)/t27-,28+/m0/s1. The lowest BCUT2D eigenvalue weighted by Gasteiger charge is -2.28. The zero-order valence-corrected chi connectivity index (χ0v) is 25.0. The molecule has 0 saturated carbocycles. The molecule has 4 aromatic rings. The average Bonchev–Trinajstić information content (AvgIpc) is 3.41. The minimum atomic E-state index is -0.295. The van der Waals surface area contributed by atoms with E-state index in [2.05, 4.69) is 33.2 Å². The number of anilines is 2. The van der Waals surface area contributed by atoms with Gasteiger partial charge in [0, 0.05) is 35.4 Å². The Morgan fingerprint density at radius 3 is 2.55 bits per heavy atom. The number of carbonyl (C=O) groups is 1. The first-order valence-corrected chi connectivity index (χ1v) is 14.0. The highest BCUT2D eigenvalue weighted by molar-refractivity contribution is 7.80. The molecule has 0 aliphatic carbocycles. The first-order valence-electron chi connectivity index (χ1n) is 12.4. The number of halogens is 3. The number of ether oxygens (including phenoxy) is 1. The summed E-state index contributed by atoms with van der Waals surface area (Å²) >= 11 is 25.3. The van der Waals surface area contributed by atoms with Crippen LogP contribution in [0.15, 0.2) is 66.9 Å². The molecule has 3 heterocycles. The lowest BCUT2D eigenvalue weighted by molar-refractivity contribution is -0.119. The number of thiocarbonyl (C=S) groups is 1. The summed E-state index contributed by atoms with van der Waals surface area (Å²) in [5.41, 5.74) is 5.98. The number of nitrogens with one attached hydrogen (secondary N) is 2. The molecule has 7 nitrogen and oxygen atoms in total. The summed E-state index contributed by atoms with van der Waals surface area (Å²) in [6.45, 7) is 4.03. The van der Waals surface area contributed by atoms with E-state index in [1.54, 1.807) is 24.4 Å². The first kappa shape index (κ1) is 28.4. The fourth-order valence-corrected chi connectivity index (χ4v) is 6.20. The van der Waals surface area contributed by atoms with Crippen LogP contribution in [-0.4, -0.2) is 34.3 Å². The summed E-state index contributed by atoms with van der Waals surface area (Å²) in [6.07, 6.45) is 1.77. The van der Waals surface area contributed by atoms with E-state index >= 15 is 0 Å². The van der Waals surface area contributed by atoms with Gasteiger partial charge < -0.3 is 24.8 Å². The number of hydrogen-bond donors (Lipinski definition) is 2. The van der Waals surface area contributed by atoms with Crippen molar-refractivity contribution < 1.29 is 9.53 Å². The average molecular weight is 615 g/mol. The van der Waals surface area contributed by atoms with Gasteiger partial charge in [-0.25, -0.2) is 0 Å². The Morgan fingerprint density at radius 2 is 1.88 bits per heavy atom. The Morgan fingerprint density at radius 1 is 1.07 bits per heavy atom. The zero-order chi connectivity index (χ0) is 28.6. The van der Waals surface area contributed by atoms with E-state index in [1.165, 1.54) is 7.11 Å². The number of aromatic nitrogens is 2. The summed E-state index contributed by atoms with van der Waals surface area (Å²) in [6, 6.07) is 18.4. The van der Waals surface area contributed by atoms with Gasteiger partial charge in [0.05, 0.1) is 39.2 Å². The molecule has 0 bridgehead atoms. The van der Waals surface area contributed by atoms with E-state index in [-0.39, 0.29) is 24.6 Å². The number of nitrogens with zero attached hydrogens (tertiary/aromatic N) is 3. The summed E-state index contributed by atoms with van der Waals surface area (Å²) in [5, 5.41) is 8.28. The van der Waals surface area contributed by atoms with Crippen LogP contribution >= 0.6 is 47.0 Å². The normalized spacial score (nSPS) is 16.8. The van der Waals surface area contributed by atoms with E-state index in [9.17, 15) is 4.79 Å². The number of aryl methyl sites for hydroxylation is 1. The molecule has 0 radical (unpaired) electrons. The minimum absolute atomic E-state index is 0.0701. The highest BCUT2D eigenvalue weighted by atomic mass is 35.5. The Bertz CT molecular complexity index is 1590. The van der Waals surface area contributed by atoms with E-state index < -0.39 is 0 Å². The lowest BCUT2D eigenvalue weighted by Crippen LogP contribution is -2.29. The lowest BCUT2D eigenvalue weighted by atomic mass is 9.96. The molecule has 1 saturated heterocycles. The van der Waals surface area contributed by atoms with Gasteiger partial charge in [-0.3, -0.25) is 9.78 Å². The van der Waals surface area contributed by atoms with Crippen LogP contribution in [0.4, 0.5) is 11.4 Å². The van der Waals surface area contributed by atoms with Crippen LogP contribution in [-0.2, 0) is 9.53 Å². The monoisotopic (exact) mass is 613 g/mol. The van der Waals surface area contributed by atoms with Crippen molar-refractivity contribution in [2.45, 2.75) is 25.9 Å². The fourth-order valence-electron chi connectivity index (χ4n) is 5.14. The smallest absolute Gasteiger partial charge is 0.250 e. The summed E-state index contributed by atoms with van der Waals surface area (Å²) in [7, 11) is 1.46. The number of rotatable bonds is 7. The van der Waals surface area contributed by atoms with Gasteiger partial charge in [-0.15, -0.1) is 0 Å². The van der Waals surface area contributed by atoms with Gasteiger partial charge >= 0.3 is 0 Å². The van der Waals surface area contributed by atoms with E-state index in [0.29, 0.717) is 25.9 Å². The Hall–Kier alpha value is -3.14. The van der Waals surface area contributed by atoms with Crippen LogP contribution in [0.5, 0.6) is 0 Å². The van der Waals surface area contributed by atoms with Gasteiger partial charge in [-0.2, -0.15) is 0 Å². The first-order chi connectivity index (χ1) is 19.2. The Labute approximate surface area is 253 Å². The molecular formula is C29H26Cl3N5O2S. The molecule has 2 atom stereocenters. The second-order valence-electron chi connectivity index (χ2n) is 9.40. The topological polar surface area (TPSA) is 71.4 Å². The number of amides is 1. The summed E-state index contributed by atoms with van der Waals surface area (Å²) in [5.74, 6) is -0.295. The Balaban J connectivity index is 1.62. The molecular weight excluding hydrogens is 589 g/mol. The van der Waals surface area contributed by atoms with Crippen molar-refractivity contribution >= 4 is 69.4 Å². The van der Waals surface area contributed by atoms with Crippen molar-refractivity contribution in [3.8, 4) is 5.69 Å². The molecule has 1 amide bonds. The molecule has 40 heavy (non-hydrogen) atoms. The molecule has 2 aromatic carbocycles. The van der Waals surface area contributed by atoms with Crippen LogP contribution in [0.25, 0.3) is 5.69 Å². The number of hydrogen-bond acceptors (Lipinski definition) is 4. The molecule has 0 spiro atoms. The minimum Gasteiger partial charge on any atom is -0.375 e. The quantitative estimate of drug-likeness (QED) is 0.214. The molecule has 0 unspecified atom stereocenters. The molecule has 1 aliphatic rings. The maximum Gasteiger partial charge on any atom is 0.250 e. The number of methoxy groups -OCH3 is 1. The predicted molar refractivity (Wildman–Crippen MR) is 165 cm³/mol. The van der Waals surface area contributed by atoms with Gasteiger partial charge in [0.15, 0.2) is 5.11 Å². The summed E-state index contributed by atoms with van der Waals surface area (Å²) in [4.78, 5) is 18.7. The number of carbonyl (C=O) groups excluding carboxylic acids is 1. The second kappa shape index (κ2) is 11.8. The van der Waals surface area contributed by atoms with Crippen molar-refractivity contribution in [2.75, 3.05) is 23.9 Å². The third kappa shape index (κ3) is 5.42. The van der Waals surface area contributed by atoms with Gasteiger partial charge in [0.2, 0.25) is 5.91 Å². The maximum absolute atomic E-state index is 12.1. The second-order valence-corrected chi connectivity index (χ2v) is 11.0. The molecule has 2 N–H and O–H groups in total. The van der Waals surface area contributed by atoms with Crippen LogP contribution in [0, 0.1) is 13.8 Å². The molecule has 5 rings (SSSR count). The van der Waals surface area contributed by atoms with Crippen LogP contribution in [0.3, 0.4) is 0 Å². The third-order valence-electron chi connectivity index (χ3n) is 6.82. The molecule has 206 valence electrons. The highest BCUT2D eigenvalue weighted by Crippen LogP contribution is 2.45. The van der Waals surface area contributed by atoms with Gasteiger partial charge in [-0.1, -0.05) is 40.9 Å². The third-order valence-corrected chi connectivity index (χ3v) is 7.98. The van der Waals surface area contributed by atoms with Gasteiger partial charge in [-0.05, 0) is 86.2 Å². The van der Waals surface area contributed by atoms with Crippen LogP contribution in [0.1, 0.15) is 34.7 Å². The largest absolute Gasteiger partial charge is 0.375 e.